The Hall–Kier alpha value is -1.59. The lowest BCUT2D eigenvalue weighted by molar-refractivity contribution is -0.162. The zero-order valence-electron chi connectivity index (χ0n) is 13.4. The van der Waals surface area contributed by atoms with Gasteiger partial charge in [0.05, 0.1) is 11.5 Å². The third-order valence-corrected chi connectivity index (χ3v) is 5.09. The van der Waals surface area contributed by atoms with Crippen molar-refractivity contribution in [3.05, 3.63) is 34.3 Å². The van der Waals surface area contributed by atoms with Crippen LogP contribution < -0.4 is 0 Å². The van der Waals surface area contributed by atoms with Gasteiger partial charge < -0.3 is 15.1 Å². The SMILES string of the molecule is CCC[C@]1(C(=O)O)CCN(C(=O)c2ccc(C)c(Cl)c2)C[C@@H]1O. The van der Waals surface area contributed by atoms with Crippen LogP contribution in [0.2, 0.25) is 5.02 Å². The Kier molecular flexibility index (Phi) is 5.32. The number of hydrogen-bond donors (Lipinski definition) is 2. The van der Waals surface area contributed by atoms with Gasteiger partial charge in [-0.05, 0) is 37.5 Å². The zero-order valence-corrected chi connectivity index (χ0v) is 14.1. The van der Waals surface area contributed by atoms with Gasteiger partial charge in [0.2, 0.25) is 0 Å². The van der Waals surface area contributed by atoms with Crippen LogP contribution in [-0.4, -0.2) is 46.2 Å². The van der Waals surface area contributed by atoms with Crippen LogP contribution in [-0.2, 0) is 4.79 Å². The van der Waals surface area contributed by atoms with Gasteiger partial charge in [0.25, 0.3) is 5.91 Å². The molecule has 2 atom stereocenters. The lowest BCUT2D eigenvalue weighted by Gasteiger charge is -2.42. The number of carboxylic acid groups (broad SMARTS) is 1. The number of aryl methyl sites for hydroxylation is 1. The predicted octanol–water partition coefficient (Wildman–Crippen LogP) is 2.73. The second-order valence-corrected chi connectivity index (χ2v) is 6.60. The Morgan fingerprint density at radius 3 is 2.65 bits per heavy atom. The van der Waals surface area contributed by atoms with Gasteiger partial charge in [0.15, 0.2) is 0 Å². The quantitative estimate of drug-likeness (QED) is 0.884. The van der Waals surface area contributed by atoms with Gasteiger partial charge in [0, 0.05) is 23.7 Å². The number of aliphatic hydroxyl groups excluding tert-OH is 1. The van der Waals surface area contributed by atoms with Crippen LogP contribution in [0.25, 0.3) is 0 Å². The van der Waals surface area contributed by atoms with Gasteiger partial charge in [-0.15, -0.1) is 0 Å². The molecule has 1 amide bonds. The number of aliphatic hydroxyl groups is 1. The Morgan fingerprint density at radius 1 is 1.43 bits per heavy atom. The van der Waals surface area contributed by atoms with Crippen LogP contribution in [0.15, 0.2) is 18.2 Å². The average molecular weight is 340 g/mol. The molecule has 1 fully saturated rings. The molecule has 126 valence electrons. The van der Waals surface area contributed by atoms with E-state index in [4.69, 9.17) is 11.6 Å². The van der Waals surface area contributed by atoms with Crippen LogP contribution in [0.4, 0.5) is 0 Å². The standard InChI is InChI=1S/C17H22ClNO4/c1-3-6-17(16(22)23)7-8-19(10-14(17)20)15(21)12-5-4-11(2)13(18)9-12/h4-5,9,14,20H,3,6-8,10H2,1-2H3,(H,22,23)/t14-,17-/m0/s1. The molecule has 0 aliphatic carbocycles. The molecule has 1 aliphatic rings. The first-order valence-electron chi connectivity index (χ1n) is 7.78. The summed E-state index contributed by atoms with van der Waals surface area (Å²) in [5, 5.41) is 20.4. The maximum Gasteiger partial charge on any atom is 0.312 e. The van der Waals surface area contributed by atoms with Crippen molar-refractivity contribution in [2.24, 2.45) is 5.41 Å². The minimum Gasteiger partial charge on any atom is -0.481 e. The summed E-state index contributed by atoms with van der Waals surface area (Å²) in [6.45, 7) is 4.08. The molecule has 0 bridgehead atoms. The summed E-state index contributed by atoms with van der Waals surface area (Å²) in [6.07, 6.45) is 0.258. The molecular formula is C17H22ClNO4. The number of carbonyl (C=O) groups is 2. The van der Waals surface area contributed by atoms with Crippen molar-refractivity contribution >= 4 is 23.5 Å². The van der Waals surface area contributed by atoms with Gasteiger partial charge >= 0.3 is 5.97 Å². The van der Waals surface area contributed by atoms with Crippen molar-refractivity contribution in [2.45, 2.75) is 39.2 Å². The van der Waals surface area contributed by atoms with Gasteiger partial charge in [-0.25, -0.2) is 0 Å². The number of benzene rings is 1. The molecule has 1 aromatic rings. The molecule has 0 spiro atoms. The van der Waals surface area contributed by atoms with Gasteiger partial charge in [-0.1, -0.05) is 31.0 Å². The van der Waals surface area contributed by atoms with Crippen molar-refractivity contribution in [1.29, 1.82) is 0 Å². The van der Waals surface area contributed by atoms with Crippen molar-refractivity contribution < 1.29 is 19.8 Å². The van der Waals surface area contributed by atoms with Crippen molar-refractivity contribution in [2.75, 3.05) is 13.1 Å². The topological polar surface area (TPSA) is 77.8 Å². The molecular weight excluding hydrogens is 318 g/mol. The van der Waals surface area contributed by atoms with E-state index >= 15 is 0 Å². The van der Waals surface area contributed by atoms with Crippen molar-refractivity contribution in [3.63, 3.8) is 0 Å². The highest BCUT2D eigenvalue weighted by atomic mass is 35.5. The van der Waals surface area contributed by atoms with E-state index < -0.39 is 17.5 Å². The number of carbonyl (C=O) groups excluding carboxylic acids is 1. The van der Waals surface area contributed by atoms with E-state index in [-0.39, 0.29) is 18.9 Å². The predicted molar refractivity (Wildman–Crippen MR) is 87.7 cm³/mol. The third kappa shape index (κ3) is 3.35. The molecule has 23 heavy (non-hydrogen) atoms. The Labute approximate surface area is 140 Å². The molecule has 1 aliphatic heterocycles. The molecule has 0 aromatic heterocycles. The summed E-state index contributed by atoms with van der Waals surface area (Å²) in [6, 6.07) is 5.08. The fraction of sp³-hybridized carbons (Fsp3) is 0.529. The molecule has 6 heteroatoms. The summed E-state index contributed by atoms with van der Waals surface area (Å²) in [5.74, 6) is -1.22. The second kappa shape index (κ2) is 6.89. The van der Waals surface area contributed by atoms with E-state index in [1.165, 1.54) is 4.90 Å². The average Bonchev–Trinajstić information content (AvgIpc) is 2.51. The normalized spacial score (nSPS) is 24.5. The molecule has 0 unspecified atom stereocenters. The van der Waals surface area contributed by atoms with Crippen LogP contribution >= 0.6 is 11.6 Å². The molecule has 1 heterocycles. The van der Waals surface area contributed by atoms with E-state index in [0.717, 1.165) is 5.56 Å². The first kappa shape index (κ1) is 17.8. The summed E-state index contributed by atoms with van der Waals surface area (Å²) in [7, 11) is 0. The number of hydrogen-bond acceptors (Lipinski definition) is 3. The number of likely N-dealkylation sites (tertiary alicyclic amines) is 1. The number of piperidine rings is 1. The first-order valence-corrected chi connectivity index (χ1v) is 8.16. The molecule has 1 saturated heterocycles. The number of nitrogens with zero attached hydrogens (tertiary/aromatic N) is 1. The third-order valence-electron chi connectivity index (χ3n) is 4.69. The van der Waals surface area contributed by atoms with E-state index in [9.17, 15) is 19.8 Å². The van der Waals surface area contributed by atoms with Crippen LogP contribution in [0, 0.1) is 12.3 Å². The zero-order chi connectivity index (χ0) is 17.2. The number of aliphatic carboxylic acids is 1. The first-order chi connectivity index (χ1) is 10.8. The van der Waals surface area contributed by atoms with Crippen LogP contribution in [0.1, 0.15) is 42.1 Å². The van der Waals surface area contributed by atoms with Crippen LogP contribution in [0.3, 0.4) is 0 Å². The lowest BCUT2D eigenvalue weighted by atomic mass is 9.72. The molecule has 2 N–H and O–H groups in total. The maximum atomic E-state index is 12.6. The molecule has 0 radical (unpaired) electrons. The maximum absolute atomic E-state index is 12.6. The van der Waals surface area contributed by atoms with E-state index in [0.29, 0.717) is 30.0 Å². The smallest absolute Gasteiger partial charge is 0.312 e. The fourth-order valence-electron chi connectivity index (χ4n) is 3.16. The number of halogens is 1. The van der Waals surface area contributed by atoms with Gasteiger partial charge in [-0.3, -0.25) is 9.59 Å². The molecule has 2 rings (SSSR count). The monoisotopic (exact) mass is 339 g/mol. The van der Waals surface area contributed by atoms with Crippen molar-refractivity contribution in [1.82, 2.24) is 4.90 Å². The lowest BCUT2D eigenvalue weighted by Crippen LogP contribution is -2.56. The minimum absolute atomic E-state index is 0.0244. The molecule has 5 nitrogen and oxygen atoms in total. The number of amides is 1. The number of rotatable bonds is 4. The van der Waals surface area contributed by atoms with E-state index in [1.807, 2.05) is 13.8 Å². The largest absolute Gasteiger partial charge is 0.481 e. The molecule has 1 aromatic carbocycles. The highest BCUT2D eigenvalue weighted by Crippen LogP contribution is 2.37. The van der Waals surface area contributed by atoms with Gasteiger partial charge in [0.1, 0.15) is 0 Å². The Morgan fingerprint density at radius 2 is 2.13 bits per heavy atom. The highest BCUT2D eigenvalue weighted by Gasteiger charge is 2.48. The Balaban J connectivity index is 2.17. The Bertz CT molecular complexity index is 619. The van der Waals surface area contributed by atoms with Gasteiger partial charge in [-0.2, -0.15) is 0 Å². The minimum atomic E-state index is -1.16. The number of β-amino-alcohol motifs (C(OH)–C–C–N with tert-alkyl or cyclic N) is 1. The molecule has 0 saturated carbocycles. The summed E-state index contributed by atoms with van der Waals surface area (Å²) in [5.41, 5.74) is 0.178. The highest BCUT2D eigenvalue weighted by molar-refractivity contribution is 6.31. The summed E-state index contributed by atoms with van der Waals surface area (Å²) < 4.78 is 0. The van der Waals surface area contributed by atoms with E-state index in [2.05, 4.69) is 0 Å². The summed E-state index contributed by atoms with van der Waals surface area (Å²) >= 11 is 6.06. The second-order valence-electron chi connectivity index (χ2n) is 6.19. The number of carboxylic acids is 1. The fourth-order valence-corrected chi connectivity index (χ4v) is 3.34. The van der Waals surface area contributed by atoms with Crippen LogP contribution in [0.5, 0.6) is 0 Å². The van der Waals surface area contributed by atoms with Crippen molar-refractivity contribution in [3.8, 4) is 0 Å². The van der Waals surface area contributed by atoms with E-state index in [1.54, 1.807) is 18.2 Å². The summed E-state index contributed by atoms with van der Waals surface area (Å²) in [4.78, 5) is 25.7.